The van der Waals surface area contributed by atoms with E-state index in [0.717, 1.165) is 39.1 Å². The molecule has 1 aliphatic rings. The summed E-state index contributed by atoms with van der Waals surface area (Å²) in [6.07, 6.45) is 1.63. The van der Waals surface area contributed by atoms with E-state index in [4.69, 9.17) is 36.2 Å². The minimum Gasteiger partial charge on any atom is -0.545 e. The van der Waals surface area contributed by atoms with Gasteiger partial charge < -0.3 is 66.3 Å². The third kappa shape index (κ3) is 10.5. The Kier molecular flexibility index (Phi) is 13.4. The maximum absolute atomic E-state index is 10.8. The summed E-state index contributed by atoms with van der Waals surface area (Å²) in [5.74, 6) is -3.37. The van der Waals surface area contributed by atoms with E-state index in [2.05, 4.69) is 14.5 Å². The average molecular weight is 744 g/mol. The smallest absolute Gasteiger partial charge is 0.469 e. The second-order valence-corrected chi connectivity index (χ2v) is 12.9. The van der Waals surface area contributed by atoms with Crippen molar-refractivity contribution in [2.75, 3.05) is 6.61 Å². The lowest BCUT2D eigenvalue weighted by Crippen LogP contribution is -2.46. The molecule has 0 radical (unpaired) electrons. The number of rotatable bonds is 11. The summed E-state index contributed by atoms with van der Waals surface area (Å²) < 4.78 is 21.4. The molecule has 4 heterocycles. The van der Waals surface area contributed by atoms with E-state index in [0.29, 0.717) is 12.8 Å². The van der Waals surface area contributed by atoms with Gasteiger partial charge in [0.05, 0.1) is 18.1 Å². The van der Waals surface area contributed by atoms with E-state index in [1.54, 1.807) is 0 Å². The first-order valence-corrected chi connectivity index (χ1v) is 17.1. The molecule has 1 fully saturated rings. The van der Waals surface area contributed by atoms with Gasteiger partial charge in [0.1, 0.15) is 24.3 Å². The summed E-state index contributed by atoms with van der Waals surface area (Å²) in [6.45, 7) is -0.639. The summed E-state index contributed by atoms with van der Waals surface area (Å²) in [5.41, 5.74) is 14.7. The van der Waals surface area contributed by atoms with E-state index in [-0.39, 0.29) is 5.56 Å². The van der Waals surface area contributed by atoms with Crippen molar-refractivity contribution in [1.29, 1.82) is 0 Å². The number of aromatic carboxylic acids is 1. The molecule has 278 valence electrons. The van der Waals surface area contributed by atoms with Crippen LogP contribution in [0.2, 0.25) is 0 Å². The first-order chi connectivity index (χ1) is 24.6. The lowest BCUT2D eigenvalue weighted by molar-refractivity contribution is -0.765. The molecule has 0 saturated carbocycles. The molecular weight excluding hydrogens is 705 g/mol. The molecule has 5 aromatic rings. The van der Waals surface area contributed by atoms with Gasteiger partial charge in [0.25, 0.3) is 6.23 Å². The van der Waals surface area contributed by atoms with Crippen molar-refractivity contribution >= 4 is 47.5 Å². The summed E-state index contributed by atoms with van der Waals surface area (Å²) in [5, 5.41) is 50.1. The van der Waals surface area contributed by atoms with Gasteiger partial charge in [-0.15, -0.1) is 0 Å². The second-order valence-electron chi connectivity index (χ2n) is 11.7. The summed E-state index contributed by atoms with van der Waals surface area (Å²) >= 11 is 0. The number of para-hydroxylation sites is 2. The quantitative estimate of drug-likeness (QED) is 0.0591. The standard InChI is InChI=1S/2C11H12N2O2.C11H14NO9P/c2*12-9(11(14)15)5-7-6-13-10-4-2-1-3-8(7)10;13-8-7(5-20-22(17,18)19)21-10(9(8)14)12-3-1-2-6(4-12)11(15)16/h2*1-4,6,9,13H,5,12H2,(H,14,15);1-4,7-10,13-14H,5H2,(H2-,15,16,17,18,19)/t2*9-;7-,8-,9-,10-/m001/s1. The normalized spacial score (nSPS) is 19.6. The molecule has 0 spiro atoms. The fourth-order valence-corrected chi connectivity index (χ4v) is 5.65. The Balaban J connectivity index is 0.000000179. The van der Waals surface area contributed by atoms with Crippen molar-refractivity contribution in [1.82, 2.24) is 9.97 Å². The number of ether oxygens (including phenoxy) is 1. The molecule has 12 N–H and O–H groups in total. The first-order valence-electron chi connectivity index (χ1n) is 15.6. The van der Waals surface area contributed by atoms with Gasteiger partial charge in [0, 0.05) is 53.1 Å². The van der Waals surface area contributed by atoms with E-state index >= 15 is 0 Å². The van der Waals surface area contributed by atoms with Crippen LogP contribution >= 0.6 is 7.82 Å². The number of pyridine rings is 1. The van der Waals surface area contributed by atoms with E-state index in [9.17, 15) is 34.3 Å². The molecule has 19 heteroatoms. The molecule has 0 aliphatic carbocycles. The zero-order valence-corrected chi connectivity index (χ0v) is 28.2. The first kappa shape index (κ1) is 39.8. The molecule has 0 amide bonds. The number of nitrogens with one attached hydrogen (secondary N) is 2. The van der Waals surface area contributed by atoms with Crippen LogP contribution in [0.3, 0.4) is 0 Å². The molecule has 0 bridgehead atoms. The van der Waals surface area contributed by atoms with Crippen molar-refractivity contribution in [3.05, 3.63) is 102 Å². The Morgan fingerprint density at radius 1 is 0.846 bits per heavy atom. The van der Waals surface area contributed by atoms with Gasteiger partial charge in [-0.3, -0.25) is 14.1 Å². The topological polar surface area (TPSA) is 319 Å². The number of carbonyl (C=O) groups excluding carboxylic acids is 1. The van der Waals surface area contributed by atoms with E-state index < -0.39 is 69.0 Å². The van der Waals surface area contributed by atoms with Crippen LogP contribution < -0.4 is 21.1 Å². The van der Waals surface area contributed by atoms with Crippen LogP contribution in [0.4, 0.5) is 0 Å². The Morgan fingerprint density at radius 2 is 1.35 bits per heavy atom. The SMILES string of the molecule is N[C@@H](Cc1c[nH]c2ccccc12)C(=O)O.N[C@@H](Cc1c[nH]c2ccccc12)C(=O)O.O=C([O-])c1ccc[n+]([C@@H]2O[C@H](COP(=O)(O)O)[C@@H](O)[C@H]2O)c1. The number of phosphoric acid groups is 1. The Hall–Kier alpha value is -5.01. The maximum Gasteiger partial charge on any atom is 0.469 e. The van der Waals surface area contributed by atoms with E-state index in [1.165, 1.54) is 22.9 Å². The van der Waals surface area contributed by atoms with Crippen molar-refractivity contribution in [2.24, 2.45) is 11.5 Å². The third-order valence-electron chi connectivity index (χ3n) is 7.96. The highest BCUT2D eigenvalue weighted by atomic mass is 31.2. The van der Waals surface area contributed by atoms with Crippen molar-refractivity contribution < 1.29 is 68.1 Å². The minimum absolute atomic E-state index is 0.164. The number of hydrogen-bond acceptors (Lipinski definition) is 11. The number of aliphatic hydroxyl groups is 2. The Morgan fingerprint density at radius 3 is 1.81 bits per heavy atom. The molecular formula is C33H38N5O13P. The molecule has 0 unspecified atom stereocenters. The molecule has 52 heavy (non-hydrogen) atoms. The average Bonchev–Trinajstić information content (AvgIpc) is 3.79. The number of carboxylic acids is 3. The van der Waals surface area contributed by atoms with Crippen LogP contribution in [-0.4, -0.2) is 95.1 Å². The Labute approximate surface area is 295 Å². The molecule has 1 saturated heterocycles. The summed E-state index contributed by atoms with van der Waals surface area (Å²) in [4.78, 5) is 55.5. The van der Waals surface area contributed by atoms with Gasteiger partial charge in [-0.1, -0.05) is 36.4 Å². The number of phosphoric ester groups is 1. The fourth-order valence-electron chi connectivity index (χ4n) is 5.30. The minimum atomic E-state index is -4.74. The summed E-state index contributed by atoms with van der Waals surface area (Å²) in [6, 6.07) is 16.5. The highest BCUT2D eigenvalue weighted by molar-refractivity contribution is 7.46. The molecule has 2 aromatic carbocycles. The largest absolute Gasteiger partial charge is 0.545 e. The number of aliphatic carboxylic acids is 2. The van der Waals surface area contributed by atoms with Crippen molar-refractivity contribution in [2.45, 2.75) is 49.5 Å². The van der Waals surface area contributed by atoms with Gasteiger partial charge >= 0.3 is 19.8 Å². The number of aromatic nitrogens is 3. The number of H-pyrrole nitrogens is 2. The molecule has 6 atom stereocenters. The zero-order chi connectivity index (χ0) is 38.2. The van der Waals surface area contributed by atoms with Gasteiger partial charge in [-0.05, 0) is 29.3 Å². The molecule has 1 aliphatic heterocycles. The Bertz CT molecular complexity index is 1950. The molecule has 18 nitrogen and oxygen atoms in total. The van der Waals surface area contributed by atoms with Crippen LogP contribution in [0, 0.1) is 0 Å². The van der Waals surface area contributed by atoms with Crippen molar-refractivity contribution in [3.8, 4) is 0 Å². The monoisotopic (exact) mass is 743 g/mol. The summed E-state index contributed by atoms with van der Waals surface area (Å²) in [7, 11) is -4.74. The number of carboxylic acid groups (broad SMARTS) is 3. The maximum atomic E-state index is 10.8. The number of fused-ring (bicyclic) bond motifs is 2. The number of benzene rings is 2. The van der Waals surface area contributed by atoms with Gasteiger partial charge in [0.15, 0.2) is 18.5 Å². The van der Waals surface area contributed by atoms with Crippen LogP contribution in [-0.2, 0) is 36.3 Å². The number of aliphatic hydroxyl groups excluding tert-OH is 2. The fraction of sp³-hybridized carbons (Fsp3) is 0.273. The molecule has 3 aromatic heterocycles. The van der Waals surface area contributed by atoms with Gasteiger partial charge in [-0.25, -0.2) is 4.57 Å². The predicted molar refractivity (Wildman–Crippen MR) is 180 cm³/mol. The van der Waals surface area contributed by atoms with Gasteiger partial charge in [-0.2, -0.15) is 4.57 Å². The highest BCUT2D eigenvalue weighted by Crippen LogP contribution is 2.37. The number of nitrogens with zero attached hydrogens (tertiary/aromatic N) is 1. The number of nitrogens with two attached hydrogens (primary N) is 2. The van der Waals surface area contributed by atoms with Crippen LogP contribution in [0.15, 0.2) is 85.5 Å². The third-order valence-corrected chi connectivity index (χ3v) is 8.45. The van der Waals surface area contributed by atoms with Crippen LogP contribution in [0.1, 0.15) is 27.7 Å². The molecule has 6 rings (SSSR count). The predicted octanol–water partition coefficient (Wildman–Crippen LogP) is -0.689. The van der Waals surface area contributed by atoms with Crippen molar-refractivity contribution in [3.63, 3.8) is 0 Å². The lowest BCUT2D eigenvalue weighted by Gasteiger charge is -2.13. The lowest BCUT2D eigenvalue weighted by atomic mass is 10.1. The zero-order valence-electron chi connectivity index (χ0n) is 27.3. The number of hydrogen-bond donors (Lipinski definition) is 10. The number of carbonyl (C=O) groups is 3. The second kappa shape index (κ2) is 17.5. The van der Waals surface area contributed by atoms with Crippen LogP contribution in [0.5, 0.6) is 0 Å². The van der Waals surface area contributed by atoms with E-state index in [1.807, 2.05) is 60.9 Å². The van der Waals surface area contributed by atoms with Crippen LogP contribution in [0.25, 0.3) is 21.8 Å². The highest BCUT2D eigenvalue weighted by Gasteiger charge is 2.48. The number of aromatic amines is 2. The van der Waals surface area contributed by atoms with Gasteiger partial charge in [0.2, 0.25) is 0 Å².